The fourth-order valence-corrected chi connectivity index (χ4v) is 2.71. The van der Waals surface area contributed by atoms with E-state index in [9.17, 15) is 0 Å². The third-order valence-electron chi connectivity index (χ3n) is 3.63. The van der Waals surface area contributed by atoms with Gasteiger partial charge in [-0.15, -0.1) is 10.2 Å². The molecule has 0 atom stereocenters. The molecule has 0 N–H and O–H groups in total. The average molecular weight is 215 g/mol. The van der Waals surface area contributed by atoms with Crippen LogP contribution in [-0.4, -0.2) is 14.6 Å². The van der Waals surface area contributed by atoms with Crippen molar-refractivity contribution < 1.29 is 0 Å². The van der Waals surface area contributed by atoms with Gasteiger partial charge in [0.1, 0.15) is 5.82 Å². The highest BCUT2D eigenvalue weighted by molar-refractivity contribution is 5.46. The van der Waals surface area contributed by atoms with E-state index >= 15 is 0 Å². The number of aryl methyl sites for hydroxylation is 1. The minimum absolute atomic E-state index is 0.616. The number of rotatable bonds is 1. The molecule has 0 spiro atoms. The summed E-state index contributed by atoms with van der Waals surface area (Å²) in [6.07, 6.45) is 8.69. The van der Waals surface area contributed by atoms with E-state index in [1.165, 1.54) is 43.5 Å². The molecule has 0 aliphatic heterocycles. The van der Waals surface area contributed by atoms with E-state index in [0.29, 0.717) is 5.92 Å². The van der Waals surface area contributed by atoms with Gasteiger partial charge in [0.2, 0.25) is 0 Å². The highest BCUT2D eigenvalue weighted by Crippen LogP contribution is 2.31. The molecule has 0 bridgehead atoms. The Labute approximate surface area is 95.5 Å². The monoisotopic (exact) mass is 215 g/mol. The summed E-state index contributed by atoms with van der Waals surface area (Å²) in [5.74, 6) is 1.78. The van der Waals surface area contributed by atoms with Crippen LogP contribution in [0.25, 0.3) is 5.65 Å². The Kier molecular flexibility index (Phi) is 2.39. The van der Waals surface area contributed by atoms with Crippen LogP contribution in [0.5, 0.6) is 0 Å². The second-order valence-corrected chi connectivity index (χ2v) is 4.78. The van der Waals surface area contributed by atoms with E-state index < -0.39 is 0 Å². The average Bonchev–Trinajstić information content (AvgIpc) is 2.75. The lowest BCUT2D eigenvalue weighted by Gasteiger charge is -2.19. The van der Waals surface area contributed by atoms with Crippen molar-refractivity contribution in [2.24, 2.45) is 0 Å². The first-order valence-corrected chi connectivity index (χ1v) is 6.16. The van der Waals surface area contributed by atoms with Crippen molar-refractivity contribution in [3.8, 4) is 0 Å². The molecular formula is C13H17N3. The Morgan fingerprint density at radius 1 is 1.19 bits per heavy atom. The minimum Gasteiger partial charge on any atom is -0.286 e. The van der Waals surface area contributed by atoms with Crippen molar-refractivity contribution in [1.82, 2.24) is 14.6 Å². The van der Waals surface area contributed by atoms with Crippen LogP contribution in [-0.2, 0) is 0 Å². The summed E-state index contributed by atoms with van der Waals surface area (Å²) in [5, 5.41) is 8.70. The van der Waals surface area contributed by atoms with E-state index in [1.807, 2.05) is 0 Å². The van der Waals surface area contributed by atoms with Crippen molar-refractivity contribution in [2.45, 2.75) is 44.9 Å². The van der Waals surface area contributed by atoms with Gasteiger partial charge in [-0.2, -0.15) is 0 Å². The molecule has 3 rings (SSSR count). The van der Waals surface area contributed by atoms with Crippen molar-refractivity contribution in [1.29, 1.82) is 0 Å². The molecule has 3 heteroatoms. The predicted molar refractivity (Wildman–Crippen MR) is 63.6 cm³/mol. The van der Waals surface area contributed by atoms with Gasteiger partial charge in [-0.3, -0.25) is 4.40 Å². The molecule has 16 heavy (non-hydrogen) atoms. The van der Waals surface area contributed by atoms with Gasteiger partial charge < -0.3 is 0 Å². The van der Waals surface area contributed by atoms with Crippen molar-refractivity contribution >= 4 is 5.65 Å². The molecule has 0 radical (unpaired) electrons. The van der Waals surface area contributed by atoms with Crippen LogP contribution in [0.2, 0.25) is 0 Å². The van der Waals surface area contributed by atoms with E-state index in [2.05, 4.69) is 39.9 Å². The van der Waals surface area contributed by atoms with Gasteiger partial charge in [0.15, 0.2) is 5.65 Å². The topological polar surface area (TPSA) is 30.2 Å². The molecular weight excluding hydrogens is 198 g/mol. The summed E-state index contributed by atoms with van der Waals surface area (Å²) >= 11 is 0. The maximum Gasteiger partial charge on any atom is 0.163 e. The Balaban J connectivity index is 2.06. The van der Waals surface area contributed by atoms with Crippen LogP contribution in [0.15, 0.2) is 18.3 Å². The van der Waals surface area contributed by atoms with Crippen LogP contribution >= 0.6 is 0 Å². The Morgan fingerprint density at radius 2 is 2.00 bits per heavy atom. The van der Waals surface area contributed by atoms with Gasteiger partial charge in [-0.05, 0) is 31.4 Å². The fourth-order valence-electron chi connectivity index (χ4n) is 2.71. The van der Waals surface area contributed by atoms with Crippen molar-refractivity contribution in [3.63, 3.8) is 0 Å². The molecule has 0 unspecified atom stereocenters. The zero-order chi connectivity index (χ0) is 11.0. The van der Waals surface area contributed by atoms with E-state index in [0.717, 1.165) is 5.65 Å². The highest BCUT2D eigenvalue weighted by Gasteiger charge is 2.20. The van der Waals surface area contributed by atoms with Gasteiger partial charge in [-0.25, -0.2) is 0 Å². The van der Waals surface area contributed by atoms with Gasteiger partial charge in [0.25, 0.3) is 0 Å². The first kappa shape index (κ1) is 9.82. The number of hydrogen-bond donors (Lipinski definition) is 0. The van der Waals surface area contributed by atoms with Gasteiger partial charge in [-0.1, -0.05) is 25.3 Å². The van der Waals surface area contributed by atoms with Gasteiger partial charge in [0, 0.05) is 12.1 Å². The third-order valence-corrected chi connectivity index (χ3v) is 3.63. The smallest absolute Gasteiger partial charge is 0.163 e. The molecule has 0 aromatic carbocycles. The molecule has 2 heterocycles. The molecule has 1 saturated carbocycles. The number of fused-ring (bicyclic) bond motifs is 1. The number of nitrogens with zero attached hydrogens (tertiary/aromatic N) is 3. The van der Waals surface area contributed by atoms with Crippen LogP contribution < -0.4 is 0 Å². The summed E-state index contributed by atoms with van der Waals surface area (Å²) in [5.41, 5.74) is 2.22. The Morgan fingerprint density at radius 3 is 2.81 bits per heavy atom. The molecule has 0 amide bonds. The normalized spacial score (nSPS) is 18.1. The van der Waals surface area contributed by atoms with Crippen LogP contribution in [0.1, 0.15) is 49.4 Å². The molecule has 84 valence electrons. The highest BCUT2D eigenvalue weighted by atomic mass is 15.2. The zero-order valence-corrected chi connectivity index (χ0v) is 9.69. The molecule has 1 fully saturated rings. The molecule has 0 saturated heterocycles. The molecule has 2 aromatic rings. The Hall–Kier alpha value is -1.38. The third kappa shape index (κ3) is 1.51. The number of hydrogen-bond acceptors (Lipinski definition) is 2. The first-order chi connectivity index (χ1) is 7.86. The van der Waals surface area contributed by atoms with E-state index in [4.69, 9.17) is 0 Å². The van der Waals surface area contributed by atoms with Crippen LogP contribution in [0.3, 0.4) is 0 Å². The van der Waals surface area contributed by atoms with Crippen LogP contribution in [0, 0.1) is 6.92 Å². The predicted octanol–water partition coefficient (Wildman–Crippen LogP) is 3.09. The largest absolute Gasteiger partial charge is 0.286 e. The lowest BCUT2D eigenvalue weighted by Crippen LogP contribution is -2.08. The summed E-state index contributed by atoms with van der Waals surface area (Å²) in [7, 11) is 0. The Bertz CT molecular complexity index is 495. The van der Waals surface area contributed by atoms with Crippen molar-refractivity contribution in [3.05, 3.63) is 29.7 Å². The number of pyridine rings is 1. The summed E-state index contributed by atoms with van der Waals surface area (Å²) in [6, 6.07) is 4.17. The van der Waals surface area contributed by atoms with Gasteiger partial charge in [0.05, 0.1) is 0 Å². The van der Waals surface area contributed by atoms with E-state index in [-0.39, 0.29) is 0 Å². The molecule has 3 nitrogen and oxygen atoms in total. The lowest BCUT2D eigenvalue weighted by atomic mass is 9.89. The SMILES string of the molecule is Cc1cccn2c(C3CCCCC3)nnc12. The van der Waals surface area contributed by atoms with Gasteiger partial charge >= 0.3 is 0 Å². The molecule has 2 aromatic heterocycles. The zero-order valence-electron chi connectivity index (χ0n) is 9.69. The quantitative estimate of drug-likeness (QED) is 0.731. The maximum atomic E-state index is 4.39. The number of aromatic nitrogens is 3. The molecule has 1 aliphatic carbocycles. The summed E-state index contributed by atoms with van der Waals surface area (Å²) < 4.78 is 2.17. The van der Waals surface area contributed by atoms with Crippen LogP contribution in [0.4, 0.5) is 0 Å². The maximum absolute atomic E-state index is 4.39. The molecule has 1 aliphatic rings. The van der Waals surface area contributed by atoms with Crippen molar-refractivity contribution in [2.75, 3.05) is 0 Å². The lowest BCUT2D eigenvalue weighted by molar-refractivity contribution is 0.426. The standard InChI is InChI=1S/C13H17N3/c1-10-6-5-9-16-12(10)14-15-13(16)11-7-3-2-4-8-11/h5-6,9,11H,2-4,7-8H2,1H3. The first-order valence-electron chi connectivity index (χ1n) is 6.16. The minimum atomic E-state index is 0.616. The second-order valence-electron chi connectivity index (χ2n) is 4.78. The second kappa shape index (κ2) is 3.89. The summed E-state index contributed by atoms with van der Waals surface area (Å²) in [6.45, 7) is 2.09. The summed E-state index contributed by atoms with van der Waals surface area (Å²) in [4.78, 5) is 0. The fraction of sp³-hybridized carbons (Fsp3) is 0.538. The van der Waals surface area contributed by atoms with E-state index in [1.54, 1.807) is 0 Å².